The number of carbonyl (C=O) groups is 4. The molecule has 9 nitrogen and oxygen atoms in total. The van der Waals surface area contributed by atoms with Crippen molar-refractivity contribution in [2.45, 2.75) is 12.5 Å². The molecule has 0 radical (unpaired) electrons. The fourth-order valence-corrected chi connectivity index (χ4v) is 3.47. The van der Waals surface area contributed by atoms with Crippen molar-refractivity contribution in [3.8, 4) is 5.75 Å². The Hall–Kier alpha value is -3.40. The van der Waals surface area contributed by atoms with Crippen LogP contribution in [0.15, 0.2) is 41.8 Å². The highest BCUT2D eigenvalue weighted by atomic mass is 32.1. The van der Waals surface area contributed by atoms with E-state index in [4.69, 9.17) is 9.47 Å². The topological polar surface area (TPSA) is 114 Å². The van der Waals surface area contributed by atoms with Crippen molar-refractivity contribution in [2.75, 3.05) is 31.6 Å². The van der Waals surface area contributed by atoms with Gasteiger partial charge in [0.05, 0.1) is 23.5 Å². The van der Waals surface area contributed by atoms with Crippen LogP contribution in [0.2, 0.25) is 0 Å². The average Bonchev–Trinajstić information content (AvgIpc) is 3.31. The van der Waals surface area contributed by atoms with Gasteiger partial charge in [0.1, 0.15) is 5.75 Å². The molecule has 3 rings (SSSR count). The molecule has 1 aromatic heterocycles. The number of amides is 3. The van der Waals surface area contributed by atoms with E-state index in [1.165, 1.54) is 23.3 Å². The Morgan fingerprint density at radius 1 is 1.20 bits per heavy atom. The SMILES string of the molecule is CNC(=O)C1CN(C(=O)COC(=O)CCNC(=O)c2cccs2)c2ccccc2O1. The highest BCUT2D eigenvalue weighted by molar-refractivity contribution is 7.12. The summed E-state index contributed by atoms with van der Waals surface area (Å²) in [5.41, 5.74) is 0.502. The van der Waals surface area contributed by atoms with Gasteiger partial charge < -0.3 is 25.0 Å². The first-order valence-corrected chi connectivity index (χ1v) is 10.1. The lowest BCUT2D eigenvalue weighted by Crippen LogP contribution is -2.51. The molecule has 2 N–H and O–H groups in total. The van der Waals surface area contributed by atoms with Crippen LogP contribution in [0, 0.1) is 0 Å². The fourth-order valence-electron chi connectivity index (χ4n) is 2.83. The molecule has 1 atom stereocenters. The van der Waals surface area contributed by atoms with Crippen molar-refractivity contribution >= 4 is 40.7 Å². The lowest BCUT2D eigenvalue weighted by Gasteiger charge is -2.33. The number of ether oxygens (including phenoxy) is 2. The third-order valence-corrected chi connectivity index (χ3v) is 5.20. The number of benzene rings is 1. The van der Waals surface area contributed by atoms with Crippen molar-refractivity contribution in [1.82, 2.24) is 10.6 Å². The summed E-state index contributed by atoms with van der Waals surface area (Å²) in [6.45, 7) is -0.376. The van der Waals surface area contributed by atoms with E-state index in [9.17, 15) is 19.2 Å². The highest BCUT2D eigenvalue weighted by Crippen LogP contribution is 2.33. The molecule has 0 aliphatic carbocycles. The average molecular weight is 431 g/mol. The molecule has 0 saturated carbocycles. The van der Waals surface area contributed by atoms with Crippen LogP contribution >= 0.6 is 11.3 Å². The number of esters is 1. The summed E-state index contributed by atoms with van der Waals surface area (Å²) >= 11 is 1.30. The van der Waals surface area contributed by atoms with E-state index >= 15 is 0 Å². The van der Waals surface area contributed by atoms with Crippen molar-refractivity contribution in [2.24, 2.45) is 0 Å². The Bertz CT molecular complexity index is 930. The van der Waals surface area contributed by atoms with Crippen LogP contribution in [0.1, 0.15) is 16.1 Å². The van der Waals surface area contributed by atoms with Gasteiger partial charge in [-0.25, -0.2) is 0 Å². The molecular weight excluding hydrogens is 410 g/mol. The summed E-state index contributed by atoms with van der Waals surface area (Å²) in [4.78, 5) is 50.3. The Labute approximate surface area is 177 Å². The molecule has 1 aromatic carbocycles. The third-order valence-electron chi connectivity index (χ3n) is 4.33. The molecule has 1 aliphatic heterocycles. The van der Waals surface area contributed by atoms with E-state index in [2.05, 4.69) is 10.6 Å². The monoisotopic (exact) mass is 431 g/mol. The predicted molar refractivity (Wildman–Crippen MR) is 110 cm³/mol. The zero-order valence-corrected chi connectivity index (χ0v) is 17.1. The summed E-state index contributed by atoms with van der Waals surface area (Å²) in [6, 6.07) is 10.3. The zero-order chi connectivity index (χ0) is 21.5. The second-order valence-corrected chi connectivity index (χ2v) is 7.28. The van der Waals surface area contributed by atoms with Gasteiger partial charge in [0.2, 0.25) is 0 Å². The Morgan fingerprint density at radius 2 is 2.00 bits per heavy atom. The van der Waals surface area contributed by atoms with Crippen LogP contribution in [0.3, 0.4) is 0 Å². The lowest BCUT2D eigenvalue weighted by atomic mass is 10.1. The van der Waals surface area contributed by atoms with Crippen LogP contribution in [0.5, 0.6) is 5.75 Å². The van der Waals surface area contributed by atoms with Gasteiger partial charge in [0.15, 0.2) is 12.7 Å². The van der Waals surface area contributed by atoms with E-state index in [1.807, 2.05) is 0 Å². The van der Waals surface area contributed by atoms with E-state index in [0.29, 0.717) is 16.3 Å². The van der Waals surface area contributed by atoms with E-state index < -0.39 is 24.6 Å². The maximum atomic E-state index is 12.7. The van der Waals surface area contributed by atoms with E-state index in [1.54, 1.807) is 41.8 Å². The number of nitrogens with zero attached hydrogens (tertiary/aromatic N) is 1. The van der Waals surface area contributed by atoms with Crippen molar-refractivity contribution < 1.29 is 28.7 Å². The summed E-state index contributed by atoms with van der Waals surface area (Å²) in [6.07, 6.45) is -0.928. The number of rotatable bonds is 7. The molecule has 3 amide bonds. The maximum Gasteiger partial charge on any atom is 0.308 e. The molecule has 158 valence electrons. The lowest BCUT2D eigenvalue weighted by molar-refractivity contribution is -0.148. The zero-order valence-electron chi connectivity index (χ0n) is 16.3. The molecule has 10 heteroatoms. The van der Waals surface area contributed by atoms with Crippen LogP contribution in [-0.4, -0.2) is 56.5 Å². The minimum absolute atomic E-state index is 0.00391. The normalized spacial score (nSPS) is 14.8. The van der Waals surface area contributed by atoms with Crippen LogP contribution < -0.4 is 20.3 Å². The predicted octanol–water partition coefficient (Wildman–Crippen LogP) is 0.951. The molecule has 1 aliphatic rings. The Morgan fingerprint density at radius 3 is 2.73 bits per heavy atom. The van der Waals surface area contributed by atoms with Gasteiger partial charge in [-0.15, -0.1) is 11.3 Å². The number of carbonyl (C=O) groups excluding carboxylic acids is 4. The van der Waals surface area contributed by atoms with Gasteiger partial charge in [-0.3, -0.25) is 19.2 Å². The van der Waals surface area contributed by atoms with Crippen molar-refractivity contribution in [1.29, 1.82) is 0 Å². The first-order chi connectivity index (χ1) is 14.5. The van der Waals surface area contributed by atoms with Gasteiger partial charge in [-0.2, -0.15) is 0 Å². The second-order valence-electron chi connectivity index (χ2n) is 6.34. The van der Waals surface area contributed by atoms with E-state index in [0.717, 1.165) is 0 Å². The second kappa shape index (κ2) is 9.88. The minimum atomic E-state index is -0.864. The minimum Gasteiger partial charge on any atom is -0.477 e. The fraction of sp³-hybridized carbons (Fsp3) is 0.300. The van der Waals surface area contributed by atoms with Crippen LogP contribution in [0.25, 0.3) is 0 Å². The number of fused-ring (bicyclic) bond motifs is 1. The van der Waals surface area contributed by atoms with E-state index in [-0.39, 0.29) is 31.3 Å². The molecule has 30 heavy (non-hydrogen) atoms. The number of likely N-dealkylation sites (N-methyl/N-ethyl adjacent to an activating group) is 1. The summed E-state index contributed by atoms with van der Waals surface area (Å²) in [5.74, 6) is -1.32. The number of hydrogen-bond acceptors (Lipinski definition) is 7. The van der Waals surface area contributed by atoms with Gasteiger partial charge >= 0.3 is 5.97 Å². The summed E-state index contributed by atoms with van der Waals surface area (Å²) in [7, 11) is 1.48. The van der Waals surface area contributed by atoms with Gasteiger partial charge in [0, 0.05) is 13.6 Å². The smallest absolute Gasteiger partial charge is 0.308 e. The molecule has 0 fully saturated rings. The van der Waals surface area contributed by atoms with Crippen LogP contribution in [0.4, 0.5) is 5.69 Å². The summed E-state index contributed by atoms with van der Waals surface area (Å²) in [5, 5.41) is 6.90. The Kier molecular flexibility index (Phi) is 7.02. The molecule has 0 saturated heterocycles. The number of anilines is 1. The number of para-hydroxylation sites is 2. The molecule has 1 unspecified atom stereocenters. The Balaban J connectivity index is 1.51. The third kappa shape index (κ3) is 5.15. The number of nitrogens with one attached hydrogen (secondary N) is 2. The maximum absolute atomic E-state index is 12.7. The molecule has 2 heterocycles. The molecule has 2 aromatic rings. The molecule has 0 spiro atoms. The number of thiophene rings is 1. The summed E-state index contributed by atoms with van der Waals surface area (Å²) < 4.78 is 10.7. The first kappa shape index (κ1) is 21.3. The van der Waals surface area contributed by atoms with Gasteiger partial charge in [-0.05, 0) is 23.6 Å². The van der Waals surface area contributed by atoms with Crippen molar-refractivity contribution in [3.63, 3.8) is 0 Å². The molecular formula is C20H21N3O6S. The standard InChI is InChI=1S/C20H21N3O6S/c1-21-19(26)15-11-23(13-5-2-3-6-14(13)29-15)17(24)12-28-18(25)8-9-22-20(27)16-7-4-10-30-16/h2-7,10,15H,8-9,11-12H2,1H3,(H,21,26)(H,22,27). The highest BCUT2D eigenvalue weighted by Gasteiger charge is 2.33. The van der Waals surface area contributed by atoms with Crippen molar-refractivity contribution in [3.05, 3.63) is 46.7 Å². The van der Waals surface area contributed by atoms with Crippen LogP contribution in [-0.2, 0) is 19.1 Å². The quantitative estimate of drug-likeness (QED) is 0.631. The van der Waals surface area contributed by atoms with Gasteiger partial charge in [0.25, 0.3) is 17.7 Å². The largest absolute Gasteiger partial charge is 0.477 e. The van der Waals surface area contributed by atoms with Gasteiger partial charge in [-0.1, -0.05) is 18.2 Å². The first-order valence-electron chi connectivity index (χ1n) is 9.24. The number of hydrogen-bond donors (Lipinski definition) is 2. The molecule has 0 bridgehead atoms.